The van der Waals surface area contributed by atoms with Crippen LogP contribution in [0.2, 0.25) is 0 Å². The van der Waals surface area contributed by atoms with E-state index in [9.17, 15) is 4.79 Å². The molecule has 0 fully saturated rings. The molecule has 1 aromatic rings. The fourth-order valence-corrected chi connectivity index (χ4v) is 1.41. The summed E-state index contributed by atoms with van der Waals surface area (Å²) in [7, 11) is 1.78. The van der Waals surface area contributed by atoms with Crippen molar-refractivity contribution in [1.29, 1.82) is 0 Å². The van der Waals surface area contributed by atoms with Gasteiger partial charge in [-0.05, 0) is 20.3 Å². The maximum Gasteiger partial charge on any atom is 0.276 e. The number of carbonyl (C=O) groups excluding carboxylic acids is 1. The summed E-state index contributed by atoms with van der Waals surface area (Å²) in [6.45, 7) is 6.72. The third-order valence-corrected chi connectivity index (χ3v) is 2.89. The van der Waals surface area contributed by atoms with Gasteiger partial charge >= 0.3 is 0 Å². The first kappa shape index (κ1) is 12.5. The van der Waals surface area contributed by atoms with Gasteiger partial charge in [0.15, 0.2) is 5.69 Å². The minimum absolute atomic E-state index is 0.112. The monoisotopic (exact) mass is 224 g/mol. The van der Waals surface area contributed by atoms with Crippen LogP contribution in [0.15, 0.2) is 6.20 Å². The van der Waals surface area contributed by atoms with E-state index >= 15 is 0 Å². The molecule has 0 saturated heterocycles. The lowest BCUT2D eigenvalue weighted by molar-refractivity contribution is 0.0734. The Hall–Kier alpha value is -1.52. The van der Waals surface area contributed by atoms with E-state index in [4.69, 9.17) is 5.73 Å². The Bertz CT molecular complexity index is 372. The van der Waals surface area contributed by atoms with Crippen LogP contribution in [0.1, 0.15) is 37.7 Å². The summed E-state index contributed by atoms with van der Waals surface area (Å²) in [6, 6.07) is 0.193. The molecule has 0 aliphatic heterocycles. The molecular formula is C11H20N4O. The van der Waals surface area contributed by atoms with Crippen LogP contribution in [0.3, 0.4) is 0 Å². The van der Waals surface area contributed by atoms with Crippen molar-refractivity contribution in [1.82, 2.24) is 14.7 Å². The topological polar surface area (TPSA) is 64.2 Å². The fourth-order valence-electron chi connectivity index (χ4n) is 1.41. The summed E-state index contributed by atoms with van der Waals surface area (Å²) in [5, 5.41) is 4.17. The predicted molar refractivity (Wildman–Crippen MR) is 64.2 cm³/mol. The van der Waals surface area contributed by atoms with Crippen LogP contribution < -0.4 is 5.73 Å². The fraction of sp³-hybridized carbons (Fsp3) is 0.636. The first-order valence-electron chi connectivity index (χ1n) is 5.61. The standard InChI is InChI=1S/C11H20N4O/c1-5-8(3)14(4)11(16)10-9(12)7-15(6-2)13-10/h7-8H,5-6,12H2,1-4H3. The lowest BCUT2D eigenvalue weighted by atomic mass is 10.2. The maximum atomic E-state index is 12.1. The molecule has 5 nitrogen and oxygen atoms in total. The number of hydrogen-bond donors (Lipinski definition) is 1. The highest BCUT2D eigenvalue weighted by atomic mass is 16.2. The van der Waals surface area contributed by atoms with Gasteiger partial charge in [-0.2, -0.15) is 5.10 Å². The summed E-state index contributed by atoms with van der Waals surface area (Å²) in [5.74, 6) is -0.112. The van der Waals surface area contributed by atoms with Crippen LogP contribution in [0, 0.1) is 0 Å². The lowest BCUT2D eigenvalue weighted by Crippen LogP contribution is -2.35. The summed E-state index contributed by atoms with van der Waals surface area (Å²) in [4.78, 5) is 13.7. The Labute approximate surface area is 96.2 Å². The van der Waals surface area contributed by atoms with Crippen molar-refractivity contribution in [2.24, 2.45) is 0 Å². The van der Waals surface area contributed by atoms with Crippen LogP contribution in [-0.4, -0.2) is 33.7 Å². The highest BCUT2D eigenvalue weighted by Crippen LogP contribution is 2.13. The van der Waals surface area contributed by atoms with Gasteiger partial charge in [-0.1, -0.05) is 6.92 Å². The van der Waals surface area contributed by atoms with E-state index in [0.717, 1.165) is 6.42 Å². The van der Waals surface area contributed by atoms with Crippen LogP contribution in [0.25, 0.3) is 0 Å². The van der Waals surface area contributed by atoms with Crippen molar-refractivity contribution >= 4 is 11.6 Å². The summed E-state index contributed by atoms with van der Waals surface area (Å²) < 4.78 is 1.67. The summed E-state index contributed by atoms with van der Waals surface area (Å²) in [6.07, 6.45) is 2.61. The van der Waals surface area contributed by atoms with Crippen LogP contribution >= 0.6 is 0 Å². The first-order chi connectivity index (χ1) is 7.51. The molecule has 1 unspecified atom stereocenters. The molecule has 1 amide bonds. The highest BCUT2D eigenvalue weighted by molar-refractivity contribution is 5.97. The number of aryl methyl sites for hydroxylation is 1. The van der Waals surface area contributed by atoms with Gasteiger partial charge in [0.05, 0.1) is 5.69 Å². The smallest absolute Gasteiger partial charge is 0.276 e. The van der Waals surface area contributed by atoms with E-state index in [-0.39, 0.29) is 11.9 Å². The normalized spacial score (nSPS) is 12.5. The molecule has 1 atom stereocenters. The molecule has 0 radical (unpaired) electrons. The molecule has 0 aliphatic rings. The second kappa shape index (κ2) is 5.01. The Kier molecular flexibility index (Phi) is 3.93. The molecule has 0 spiro atoms. The predicted octanol–water partition coefficient (Wildman–Crippen LogP) is 1.36. The average Bonchev–Trinajstić information content (AvgIpc) is 2.67. The molecule has 0 aliphatic carbocycles. The van der Waals surface area contributed by atoms with Crippen LogP contribution in [0.5, 0.6) is 0 Å². The molecule has 1 heterocycles. The van der Waals surface area contributed by atoms with Gasteiger partial charge in [0, 0.05) is 25.8 Å². The summed E-state index contributed by atoms with van der Waals surface area (Å²) >= 11 is 0. The molecule has 16 heavy (non-hydrogen) atoms. The minimum atomic E-state index is -0.112. The SMILES string of the molecule is CCC(C)N(C)C(=O)c1nn(CC)cc1N. The third-order valence-electron chi connectivity index (χ3n) is 2.89. The molecule has 1 rings (SSSR count). The number of amides is 1. The van der Waals surface area contributed by atoms with Crippen molar-refractivity contribution in [2.45, 2.75) is 39.8 Å². The molecule has 1 aromatic heterocycles. The highest BCUT2D eigenvalue weighted by Gasteiger charge is 2.21. The van der Waals surface area contributed by atoms with Crippen LogP contribution in [-0.2, 0) is 6.54 Å². The van der Waals surface area contributed by atoms with Crippen molar-refractivity contribution in [3.8, 4) is 0 Å². The van der Waals surface area contributed by atoms with Gasteiger partial charge in [-0.3, -0.25) is 9.48 Å². The first-order valence-corrected chi connectivity index (χ1v) is 5.61. The molecule has 90 valence electrons. The zero-order valence-corrected chi connectivity index (χ0v) is 10.4. The minimum Gasteiger partial charge on any atom is -0.396 e. The summed E-state index contributed by atoms with van der Waals surface area (Å²) in [5.41, 5.74) is 6.56. The number of carbonyl (C=O) groups is 1. The van der Waals surface area contributed by atoms with Crippen molar-refractivity contribution in [3.05, 3.63) is 11.9 Å². The second-order valence-electron chi connectivity index (χ2n) is 3.96. The van der Waals surface area contributed by atoms with E-state index in [2.05, 4.69) is 5.10 Å². The number of anilines is 1. The van der Waals surface area contributed by atoms with Gasteiger partial charge < -0.3 is 10.6 Å². The van der Waals surface area contributed by atoms with Gasteiger partial charge in [0.1, 0.15) is 0 Å². The van der Waals surface area contributed by atoms with Crippen LogP contribution in [0.4, 0.5) is 5.69 Å². The van der Waals surface area contributed by atoms with E-state index in [0.29, 0.717) is 17.9 Å². The Morgan fingerprint density at radius 1 is 1.62 bits per heavy atom. The zero-order chi connectivity index (χ0) is 12.3. The van der Waals surface area contributed by atoms with Gasteiger partial charge in [0.25, 0.3) is 5.91 Å². The number of rotatable bonds is 4. The Balaban J connectivity index is 2.91. The molecule has 0 saturated carbocycles. The molecular weight excluding hydrogens is 204 g/mol. The molecule has 0 aromatic carbocycles. The second-order valence-corrected chi connectivity index (χ2v) is 3.96. The van der Waals surface area contributed by atoms with Gasteiger partial charge in [-0.15, -0.1) is 0 Å². The van der Waals surface area contributed by atoms with E-state index in [1.54, 1.807) is 22.8 Å². The number of nitrogens with zero attached hydrogens (tertiary/aromatic N) is 3. The quantitative estimate of drug-likeness (QED) is 0.839. The van der Waals surface area contributed by atoms with Gasteiger partial charge in [-0.25, -0.2) is 0 Å². The van der Waals surface area contributed by atoms with E-state index < -0.39 is 0 Å². The molecule has 2 N–H and O–H groups in total. The lowest BCUT2D eigenvalue weighted by Gasteiger charge is -2.22. The Morgan fingerprint density at radius 3 is 2.69 bits per heavy atom. The number of nitrogens with two attached hydrogens (primary N) is 1. The van der Waals surface area contributed by atoms with E-state index in [1.807, 2.05) is 20.8 Å². The largest absolute Gasteiger partial charge is 0.396 e. The number of aromatic nitrogens is 2. The van der Waals surface area contributed by atoms with Gasteiger partial charge in [0.2, 0.25) is 0 Å². The molecule has 5 heteroatoms. The van der Waals surface area contributed by atoms with Crippen molar-refractivity contribution < 1.29 is 4.79 Å². The number of nitrogen functional groups attached to an aromatic ring is 1. The maximum absolute atomic E-state index is 12.1. The van der Waals surface area contributed by atoms with Crippen molar-refractivity contribution in [2.75, 3.05) is 12.8 Å². The zero-order valence-electron chi connectivity index (χ0n) is 10.4. The third kappa shape index (κ3) is 2.35. The van der Waals surface area contributed by atoms with Crippen molar-refractivity contribution in [3.63, 3.8) is 0 Å². The Morgan fingerprint density at radius 2 is 2.25 bits per heavy atom. The number of hydrogen-bond acceptors (Lipinski definition) is 3. The average molecular weight is 224 g/mol. The molecule has 0 bridgehead atoms. The van der Waals surface area contributed by atoms with E-state index in [1.165, 1.54) is 0 Å².